The lowest BCUT2D eigenvalue weighted by molar-refractivity contribution is -0.137. The van der Waals surface area contributed by atoms with Gasteiger partial charge in [0.05, 0.1) is 37.1 Å². The first-order chi connectivity index (χ1) is 17.3. The molecular weight excluding hydrogens is 473 g/mol. The molecule has 2 saturated heterocycles. The Morgan fingerprint density at radius 2 is 1.89 bits per heavy atom. The number of aromatic nitrogens is 4. The lowest BCUT2D eigenvalue weighted by Gasteiger charge is -2.27. The number of likely N-dealkylation sites (tertiary alicyclic amines) is 1. The van der Waals surface area contributed by atoms with Crippen molar-refractivity contribution in [2.45, 2.75) is 31.5 Å². The van der Waals surface area contributed by atoms with E-state index in [0.717, 1.165) is 55.2 Å². The maximum absolute atomic E-state index is 12.8. The van der Waals surface area contributed by atoms with E-state index in [2.05, 4.69) is 20.2 Å². The molecule has 0 spiro atoms. The molecule has 196 valence electrons. The summed E-state index contributed by atoms with van der Waals surface area (Å²) in [6.45, 7) is 6.07. The van der Waals surface area contributed by atoms with Gasteiger partial charge in [-0.15, -0.1) is 10.2 Å². The molecule has 3 aromatic rings. The van der Waals surface area contributed by atoms with Gasteiger partial charge in [-0.3, -0.25) is 4.68 Å². The van der Waals surface area contributed by atoms with Crippen molar-refractivity contribution in [2.75, 3.05) is 45.2 Å². The maximum Gasteiger partial charge on any atom is 0.420 e. The zero-order valence-corrected chi connectivity index (χ0v) is 20.2. The summed E-state index contributed by atoms with van der Waals surface area (Å²) in [6, 6.07) is 5.98. The van der Waals surface area contributed by atoms with Gasteiger partial charge in [0.25, 0.3) is 0 Å². The van der Waals surface area contributed by atoms with E-state index in [1.165, 1.54) is 32.4 Å². The lowest BCUT2D eigenvalue weighted by Crippen LogP contribution is -2.39. The predicted molar refractivity (Wildman–Crippen MR) is 131 cm³/mol. The Morgan fingerprint density at radius 3 is 2.58 bits per heavy atom. The molecule has 3 aliphatic rings. The number of fused-ring (bicyclic) bond motifs is 2. The summed E-state index contributed by atoms with van der Waals surface area (Å²) in [6.07, 6.45) is 1.93. The van der Waals surface area contributed by atoms with Crippen molar-refractivity contribution in [3.63, 3.8) is 0 Å². The standard InChI is InChI=1S/C13H10F3N5.C12H21NO2.H2/c1-21-6-8-4-7(2-3-10(8)20-21)11-5-9(13(14,15)16)12(17)19-18-11;1-2-10-6-13(7-11(10)3-1)8-12-9-14-4-5-15-12;/h2-6H,1H3,(H2,17,19);10-12H,1-9H2;1H/t;10-,11+,12-;/m.0./s1. The van der Waals surface area contributed by atoms with Crippen molar-refractivity contribution >= 4 is 16.7 Å². The molecule has 2 aliphatic heterocycles. The summed E-state index contributed by atoms with van der Waals surface area (Å²) in [4.78, 5) is 2.59. The number of ether oxygens (including phenoxy) is 2. The largest absolute Gasteiger partial charge is 0.420 e. The zero-order valence-electron chi connectivity index (χ0n) is 20.2. The van der Waals surface area contributed by atoms with Gasteiger partial charge in [0, 0.05) is 45.3 Å². The van der Waals surface area contributed by atoms with E-state index in [1.807, 2.05) is 0 Å². The number of nitrogen functional groups attached to an aromatic ring is 1. The fraction of sp³-hybridized carbons (Fsp3) is 0.560. The van der Waals surface area contributed by atoms with Crippen LogP contribution in [0.3, 0.4) is 0 Å². The van der Waals surface area contributed by atoms with Gasteiger partial charge in [0.15, 0.2) is 5.82 Å². The molecule has 3 atom stereocenters. The average Bonchev–Trinajstić information content (AvgIpc) is 3.53. The molecule has 1 aliphatic carbocycles. The molecule has 0 unspecified atom stereocenters. The molecule has 3 fully saturated rings. The predicted octanol–water partition coefficient (Wildman–Crippen LogP) is 4.01. The van der Waals surface area contributed by atoms with Crippen LogP contribution in [0, 0.1) is 11.8 Å². The number of nitrogens with two attached hydrogens (primary N) is 1. The van der Waals surface area contributed by atoms with Gasteiger partial charge in [-0.05, 0) is 42.9 Å². The van der Waals surface area contributed by atoms with Gasteiger partial charge in [0.1, 0.15) is 5.56 Å². The van der Waals surface area contributed by atoms with Crippen LogP contribution in [0.2, 0.25) is 0 Å². The van der Waals surface area contributed by atoms with Gasteiger partial charge in [-0.2, -0.15) is 18.3 Å². The monoisotopic (exact) mass is 506 g/mol. The van der Waals surface area contributed by atoms with Crippen molar-refractivity contribution in [1.82, 2.24) is 24.9 Å². The molecular formula is C25H33F3N6O2. The summed E-state index contributed by atoms with van der Waals surface area (Å²) >= 11 is 0. The number of hydrogen-bond donors (Lipinski definition) is 1. The normalized spacial score (nSPS) is 24.5. The van der Waals surface area contributed by atoms with E-state index in [9.17, 15) is 13.2 Å². The second-order valence-electron chi connectivity index (χ2n) is 9.84. The molecule has 6 rings (SSSR count). The van der Waals surface area contributed by atoms with Crippen LogP contribution >= 0.6 is 0 Å². The minimum Gasteiger partial charge on any atom is -0.382 e. The van der Waals surface area contributed by atoms with Crippen LogP contribution in [-0.4, -0.2) is 70.4 Å². The van der Waals surface area contributed by atoms with Crippen molar-refractivity contribution in [2.24, 2.45) is 18.9 Å². The van der Waals surface area contributed by atoms with Crippen molar-refractivity contribution in [1.29, 1.82) is 0 Å². The number of alkyl halides is 3. The van der Waals surface area contributed by atoms with E-state index in [1.54, 1.807) is 36.1 Å². The van der Waals surface area contributed by atoms with Crippen LogP contribution in [0.5, 0.6) is 0 Å². The number of hydrogen-bond acceptors (Lipinski definition) is 7. The van der Waals surface area contributed by atoms with Crippen LogP contribution in [0.1, 0.15) is 26.3 Å². The Kier molecular flexibility index (Phi) is 7.14. The number of halogens is 3. The van der Waals surface area contributed by atoms with E-state index in [4.69, 9.17) is 15.2 Å². The molecule has 0 radical (unpaired) electrons. The fourth-order valence-electron chi connectivity index (χ4n) is 5.49. The topological polar surface area (TPSA) is 91.3 Å². The maximum atomic E-state index is 12.8. The molecule has 11 heteroatoms. The Morgan fingerprint density at radius 1 is 1.11 bits per heavy atom. The summed E-state index contributed by atoms with van der Waals surface area (Å²) in [5, 5.41) is 12.1. The first kappa shape index (κ1) is 24.9. The highest BCUT2D eigenvalue weighted by molar-refractivity contribution is 5.83. The Hall–Kier alpha value is -2.76. The smallest absolute Gasteiger partial charge is 0.382 e. The molecule has 4 heterocycles. The number of anilines is 1. The zero-order chi connectivity index (χ0) is 25.3. The Balaban J connectivity index is 0.000000177. The quantitative estimate of drug-likeness (QED) is 0.574. The highest BCUT2D eigenvalue weighted by Gasteiger charge is 2.37. The molecule has 1 aromatic carbocycles. The Bertz CT molecular complexity index is 1190. The van der Waals surface area contributed by atoms with Gasteiger partial charge in [-0.1, -0.05) is 12.5 Å². The summed E-state index contributed by atoms with van der Waals surface area (Å²) < 4.78 is 51.3. The van der Waals surface area contributed by atoms with Crippen LogP contribution in [0.4, 0.5) is 19.0 Å². The number of aryl methyl sites for hydroxylation is 1. The van der Waals surface area contributed by atoms with Gasteiger partial charge >= 0.3 is 6.18 Å². The third kappa shape index (κ3) is 5.63. The summed E-state index contributed by atoms with van der Waals surface area (Å²) in [7, 11) is 1.77. The van der Waals surface area contributed by atoms with E-state index < -0.39 is 17.6 Å². The molecule has 2 N–H and O–H groups in total. The first-order valence-corrected chi connectivity index (χ1v) is 12.3. The van der Waals surface area contributed by atoms with E-state index in [-0.39, 0.29) is 7.12 Å². The highest BCUT2D eigenvalue weighted by Crippen LogP contribution is 2.38. The molecule has 0 amide bonds. The first-order valence-electron chi connectivity index (χ1n) is 12.3. The third-order valence-electron chi connectivity index (χ3n) is 7.19. The van der Waals surface area contributed by atoms with Gasteiger partial charge in [0.2, 0.25) is 0 Å². The van der Waals surface area contributed by atoms with E-state index in [0.29, 0.717) is 11.7 Å². The average molecular weight is 507 g/mol. The second kappa shape index (κ2) is 10.3. The minimum absolute atomic E-state index is 0. The van der Waals surface area contributed by atoms with Crippen LogP contribution < -0.4 is 5.73 Å². The molecule has 0 bridgehead atoms. The van der Waals surface area contributed by atoms with Crippen molar-refractivity contribution in [3.8, 4) is 11.3 Å². The second-order valence-corrected chi connectivity index (χ2v) is 9.84. The molecule has 2 aromatic heterocycles. The Labute approximate surface area is 209 Å². The highest BCUT2D eigenvalue weighted by atomic mass is 19.4. The minimum atomic E-state index is -4.56. The van der Waals surface area contributed by atoms with Crippen molar-refractivity contribution in [3.05, 3.63) is 36.0 Å². The molecule has 1 saturated carbocycles. The van der Waals surface area contributed by atoms with Crippen molar-refractivity contribution < 1.29 is 24.1 Å². The number of benzene rings is 1. The molecule has 8 nitrogen and oxygen atoms in total. The van der Waals surface area contributed by atoms with Crippen LogP contribution in [0.15, 0.2) is 30.5 Å². The van der Waals surface area contributed by atoms with Gasteiger partial charge < -0.3 is 20.1 Å². The van der Waals surface area contributed by atoms with Gasteiger partial charge in [-0.25, -0.2) is 0 Å². The third-order valence-corrected chi connectivity index (χ3v) is 7.19. The summed E-state index contributed by atoms with van der Waals surface area (Å²) in [5.41, 5.74) is 5.64. The number of nitrogens with zero attached hydrogens (tertiary/aromatic N) is 5. The molecule has 36 heavy (non-hydrogen) atoms. The lowest BCUT2D eigenvalue weighted by atomic mass is 10.0. The summed E-state index contributed by atoms with van der Waals surface area (Å²) in [5.74, 6) is 1.36. The SMILES string of the molecule is C1C[C@@H]2CN(C[C@H]3COCCO3)C[C@@H]2C1.Cn1cc2cc(-c3cc(C(F)(F)F)c(N)nn3)ccc2n1.[HH]. The van der Waals surface area contributed by atoms with E-state index >= 15 is 0 Å². The number of rotatable bonds is 3. The van der Waals surface area contributed by atoms with Crippen LogP contribution in [-0.2, 0) is 22.7 Å². The van der Waals surface area contributed by atoms with Crippen LogP contribution in [0.25, 0.3) is 22.2 Å². The fourth-order valence-corrected chi connectivity index (χ4v) is 5.49.